The van der Waals surface area contributed by atoms with Crippen molar-refractivity contribution < 1.29 is 14.3 Å². The molecule has 1 N–H and O–H groups in total. The van der Waals surface area contributed by atoms with Gasteiger partial charge in [-0.25, -0.2) is 4.98 Å². The maximum Gasteiger partial charge on any atom is 0.256 e. The van der Waals surface area contributed by atoms with Gasteiger partial charge in [0.2, 0.25) is 0 Å². The fraction of sp³-hybridized carbons (Fsp3) is 0.190. The number of hydrogen-bond acceptors (Lipinski definition) is 6. The smallest absolute Gasteiger partial charge is 0.256 e. The highest BCUT2D eigenvalue weighted by Gasteiger charge is 2.21. The van der Waals surface area contributed by atoms with Crippen molar-refractivity contribution in [2.24, 2.45) is 7.05 Å². The third-order valence-electron chi connectivity index (χ3n) is 4.71. The fourth-order valence-electron chi connectivity index (χ4n) is 3.32. The van der Waals surface area contributed by atoms with E-state index in [1.165, 1.54) is 14.2 Å². The van der Waals surface area contributed by atoms with Gasteiger partial charge in [0, 0.05) is 13.1 Å². The van der Waals surface area contributed by atoms with Gasteiger partial charge in [0.25, 0.3) is 5.91 Å². The normalized spacial score (nSPS) is 11.0. The van der Waals surface area contributed by atoms with E-state index < -0.39 is 0 Å². The molecule has 0 unspecified atom stereocenters. The van der Waals surface area contributed by atoms with Crippen LogP contribution >= 0.6 is 22.9 Å². The first-order valence-electron chi connectivity index (χ1n) is 9.04. The molecule has 3 heterocycles. The molecule has 9 heteroatoms. The van der Waals surface area contributed by atoms with E-state index in [2.05, 4.69) is 10.4 Å². The van der Waals surface area contributed by atoms with Crippen LogP contribution in [0.2, 0.25) is 5.02 Å². The molecule has 1 amide bonds. The molecule has 30 heavy (non-hydrogen) atoms. The Labute approximate surface area is 182 Å². The van der Waals surface area contributed by atoms with Crippen LogP contribution in [-0.4, -0.2) is 34.9 Å². The molecule has 0 atom stereocenters. The number of aryl methyl sites for hydroxylation is 2. The Kier molecular flexibility index (Phi) is 5.36. The molecule has 0 bridgehead atoms. The first-order chi connectivity index (χ1) is 14.4. The highest BCUT2D eigenvalue weighted by Crippen LogP contribution is 2.37. The van der Waals surface area contributed by atoms with Crippen molar-refractivity contribution in [1.82, 2.24) is 14.8 Å². The van der Waals surface area contributed by atoms with Crippen LogP contribution in [-0.2, 0) is 7.05 Å². The fourth-order valence-corrected chi connectivity index (χ4v) is 4.25. The van der Waals surface area contributed by atoms with Gasteiger partial charge in [-0.15, -0.1) is 11.3 Å². The summed E-state index contributed by atoms with van der Waals surface area (Å²) < 4.78 is 12.3. The molecule has 4 aromatic rings. The van der Waals surface area contributed by atoms with Crippen LogP contribution in [0.1, 0.15) is 16.1 Å². The summed E-state index contributed by atoms with van der Waals surface area (Å²) in [7, 11) is 4.85. The average molecular weight is 443 g/mol. The van der Waals surface area contributed by atoms with Gasteiger partial charge in [0.1, 0.15) is 11.5 Å². The molecule has 0 saturated carbocycles. The van der Waals surface area contributed by atoms with Crippen molar-refractivity contribution in [2.75, 3.05) is 19.5 Å². The number of nitrogens with zero attached hydrogens (tertiary/aromatic N) is 3. The lowest BCUT2D eigenvalue weighted by atomic mass is 10.1. The Morgan fingerprint density at radius 2 is 1.97 bits per heavy atom. The highest BCUT2D eigenvalue weighted by atomic mass is 35.5. The minimum absolute atomic E-state index is 0.309. The zero-order chi connectivity index (χ0) is 21.4. The molecule has 0 radical (unpaired) electrons. The predicted molar refractivity (Wildman–Crippen MR) is 119 cm³/mol. The van der Waals surface area contributed by atoms with E-state index in [0.717, 1.165) is 10.6 Å². The number of anilines is 1. The van der Waals surface area contributed by atoms with E-state index in [1.54, 1.807) is 34.2 Å². The Bertz CT molecular complexity index is 1250. The molecule has 154 valence electrons. The number of methoxy groups -OCH3 is 2. The Hall–Kier alpha value is -3.10. The van der Waals surface area contributed by atoms with Gasteiger partial charge in [0.05, 0.1) is 52.1 Å². The number of ether oxygens (including phenoxy) is 2. The third kappa shape index (κ3) is 3.48. The van der Waals surface area contributed by atoms with Crippen LogP contribution in [0.5, 0.6) is 11.5 Å². The molecule has 0 saturated heterocycles. The summed E-state index contributed by atoms with van der Waals surface area (Å²) in [4.78, 5) is 19.0. The maximum atomic E-state index is 13.3. The summed E-state index contributed by atoms with van der Waals surface area (Å²) in [6.07, 6.45) is 0. The van der Waals surface area contributed by atoms with E-state index in [-0.39, 0.29) is 5.91 Å². The number of thiophene rings is 1. The van der Waals surface area contributed by atoms with Gasteiger partial charge in [-0.05, 0) is 30.5 Å². The molecule has 0 aliphatic carbocycles. The summed E-state index contributed by atoms with van der Waals surface area (Å²) >= 11 is 7.81. The van der Waals surface area contributed by atoms with E-state index in [4.69, 9.17) is 26.1 Å². The standard InChI is InChI=1S/C21H19ClN4O3S/c1-11-19-12(8-15(18-6-5-7-30-18)23-20(19)26(2)25-11)21(27)24-14-9-13(22)16(28-3)10-17(14)29-4/h5-10H,1-4H3,(H,24,27). The summed E-state index contributed by atoms with van der Waals surface area (Å²) in [5.74, 6) is 0.591. The lowest BCUT2D eigenvalue weighted by molar-refractivity contribution is 0.102. The van der Waals surface area contributed by atoms with Crippen LogP contribution < -0.4 is 14.8 Å². The topological polar surface area (TPSA) is 78.3 Å². The van der Waals surface area contributed by atoms with E-state index >= 15 is 0 Å². The van der Waals surface area contributed by atoms with E-state index in [0.29, 0.717) is 44.5 Å². The average Bonchev–Trinajstić information content (AvgIpc) is 3.36. The summed E-state index contributed by atoms with van der Waals surface area (Å²) in [6, 6.07) is 8.94. The van der Waals surface area contributed by atoms with Crippen molar-refractivity contribution in [2.45, 2.75) is 6.92 Å². The monoisotopic (exact) mass is 442 g/mol. The van der Waals surface area contributed by atoms with Crippen LogP contribution in [0.15, 0.2) is 35.7 Å². The minimum atomic E-state index is -0.309. The second-order valence-electron chi connectivity index (χ2n) is 6.58. The number of fused-ring (bicyclic) bond motifs is 1. The Morgan fingerprint density at radius 3 is 2.63 bits per heavy atom. The van der Waals surface area contributed by atoms with Crippen molar-refractivity contribution in [3.63, 3.8) is 0 Å². The SMILES string of the molecule is COc1cc(OC)c(NC(=O)c2cc(-c3cccs3)nc3c2c(C)nn3C)cc1Cl. The molecular weight excluding hydrogens is 424 g/mol. The van der Waals surface area contributed by atoms with Gasteiger partial charge in [0.15, 0.2) is 5.65 Å². The largest absolute Gasteiger partial charge is 0.495 e. The zero-order valence-electron chi connectivity index (χ0n) is 16.8. The van der Waals surface area contributed by atoms with Gasteiger partial charge in [-0.1, -0.05) is 17.7 Å². The van der Waals surface area contributed by atoms with Crippen molar-refractivity contribution in [3.05, 3.63) is 52.0 Å². The quantitative estimate of drug-likeness (QED) is 0.474. The number of carbonyl (C=O) groups excluding carboxylic acids is 1. The second-order valence-corrected chi connectivity index (χ2v) is 7.94. The lowest BCUT2D eigenvalue weighted by Gasteiger charge is -2.14. The number of hydrogen-bond donors (Lipinski definition) is 1. The van der Waals surface area contributed by atoms with Crippen molar-refractivity contribution in [3.8, 4) is 22.1 Å². The highest BCUT2D eigenvalue weighted by molar-refractivity contribution is 7.13. The van der Waals surface area contributed by atoms with E-state index in [1.807, 2.05) is 31.5 Å². The number of carbonyl (C=O) groups is 1. The van der Waals surface area contributed by atoms with Crippen molar-refractivity contribution in [1.29, 1.82) is 0 Å². The molecule has 1 aromatic carbocycles. The van der Waals surface area contributed by atoms with Crippen LogP contribution in [0.3, 0.4) is 0 Å². The minimum Gasteiger partial charge on any atom is -0.495 e. The number of benzene rings is 1. The molecule has 0 fully saturated rings. The van der Waals surface area contributed by atoms with Crippen molar-refractivity contribution >= 4 is 45.6 Å². The van der Waals surface area contributed by atoms with Gasteiger partial charge < -0.3 is 14.8 Å². The number of amides is 1. The zero-order valence-corrected chi connectivity index (χ0v) is 18.4. The van der Waals surface area contributed by atoms with Crippen LogP contribution in [0, 0.1) is 6.92 Å². The first kappa shape index (κ1) is 20.2. The summed E-state index contributed by atoms with van der Waals surface area (Å²) in [6.45, 7) is 1.86. The Balaban J connectivity index is 1.83. The molecule has 4 rings (SSSR count). The molecule has 0 spiro atoms. The summed E-state index contributed by atoms with van der Waals surface area (Å²) in [5, 5.41) is 10.4. The lowest BCUT2D eigenvalue weighted by Crippen LogP contribution is -2.14. The Morgan fingerprint density at radius 1 is 1.20 bits per heavy atom. The third-order valence-corrected chi connectivity index (χ3v) is 5.90. The second kappa shape index (κ2) is 7.97. The first-order valence-corrected chi connectivity index (χ1v) is 10.3. The summed E-state index contributed by atoms with van der Waals surface area (Å²) in [5.41, 5.74) is 3.00. The van der Waals surface area contributed by atoms with Gasteiger partial charge in [-0.3, -0.25) is 9.48 Å². The number of pyridine rings is 1. The van der Waals surface area contributed by atoms with Gasteiger partial charge >= 0.3 is 0 Å². The number of halogens is 1. The number of aromatic nitrogens is 3. The predicted octanol–water partition coefficient (Wildman–Crippen LogP) is 4.93. The van der Waals surface area contributed by atoms with E-state index in [9.17, 15) is 4.79 Å². The molecule has 7 nitrogen and oxygen atoms in total. The molecule has 3 aromatic heterocycles. The maximum absolute atomic E-state index is 13.3. The van der Waals surface area contributed by atoms with Gasteiger partial charge in [-0.2, -0.15) is 5.10 Å². The van der Waals surface area contributed by atoms with Crippen LogP contribution in [0.25, 0.3) is 21.6 Å². The van der Waals surface area contributed by atoms with Crippen LogP contribution in [0.4, 0.5) is 5.69 Å². The number of rotatable bonds is 5. The molecule has 0 aliphatic heterocycles. The number of nitrogens with one attached hydrogen (secondary N) is 1. The molecular formula is C21H19ClN4O3S. The molecule has 0 aliphatic rings.